The second kappa shape index (κ2) is 3.04. The summed E-state index contributed by atoms with van der Waals surface area (Å²) in [5.74, 6) is 0.217. The van der Waals surface area contributed by atoms with Crippen molar-refractivity contribution in [2.24, 2.45) is 0 Å². The van der Waals surface area contributed by atoms with Gasteiger partial charge < -0.3 is 4.74 Å². The average Bonchev–Trinajstić information content (AvgIpc) is 2.84. The standard InChI is InChI=1S/C9H8ClFO/c10-5-8-9(12-8)6-3-1-2-4-7(6)11/h1-4,8-9H,5H2. The first-order valence-electron chi connectivity index (χ1n) is 3.79. The Morgan fingerprint density at radius 1 is 1.42 bits per heavy atom. The van der Waals surface area contributed by atoms with Crippen LogP contribution in [0, 0.1) is 5.82 Å². The van der Waals surface area contributed by atoms with Crippen LogP contribution in [-0.2, 0) is 4.74 Å². The Morgan fingerprint density at radius 3 is 2.75 bits per heavy atom. The van der Waals surface area contributed by atoms with Gasteiger partial charge >= 0.3 is 0 Å². The van der Waals surface area contributed by atoms with Crippen molar-refractivity contribution < 1.29 is 9.13 Å². The van der Waals surface area contributed by atoms with Gasteiger partial charge in [0.2, 0.25) is 0 Å². The predicted octanol–water partition coefficient (Wildman–Crippen LogP) is 2.50. The first kappa shape index (κ1) is 8.02. The molecule has 1 fully saturated rings. The molecule has 0 amide bonds. The van der Waals surface area contributed by atoms with E-state index in [0.717, 1.165) is 0 Å². The summed E-state index contributed by atoms with van der Waals surface area (Å²) in [4.78, 5) is 0. The van der Waals surface area contributed by atoms with Crippen LogP contribution in [0.5, 0.6) is 0 Å². The number of ether oxygens (including phenoxy) is 1. The normalized spacial score (nSPS) is 27.2. The minimum Gasteiger partial charge on any atom is -0.363 e. The van der Waals surface area contributed by atoms with Gasteiger partial charge in [0.25, 0.3) is 0 Å². The van der Waals surface area contributed by atoms with Crippen LogP contribution in [0.25, 0.3) is 0 Å². The minimum absolute atomic E-state index is 0.00330. The summed E-state index contributed by atoms with van der Waals surface area (Å²) in [6, 6.07) is 6.62. The van der Waals surface area contributed by atoms with Crippen molar-refractivity contribution in [3.63, 3.8) is 0 Å². The smallest absolute Gasteiger partial charge is 0.129 e. The van der Waals surface area contributed by atoms with Crippen molar-refractivity contribution in [2.45, 2.75) is 12.2 Å². The average molecular weight is 187 g/mol. The lowest BCUT2D eigenvalue weighted by molar-refractivity contribution is 0.379. The second-order valence-corrected chi connectivity index (χ2v) is 3.08. The second-order valence-electron chi connectivity index (χ2n) is 2.77. The topological polar surface area (TPSA) is 12.5 Å². The largest absolute Gasteiger partial charge is 0.363 e. The van der Waals surface area contributed by atoms with E-state index in [0.29, 0.717) is 11.4 Å². The molecule has 2 atom stereocenters. The van der Waals surface area contributed by atoms with Gasteiger partial charge in [0.1, 0.15) is 18.0 Å². The highest BCUT2D eigenvalue weighted by molar-refractivity contribution is 6.18. The quantitative estimate of drug-likeness (QED) is 0.511. The van der Waals surface area contributed by atoms with Gasteiger partial charge in [0.05, 0.1) is 5.88 Å². The predicted molar refractivity (Wildman–Crippen MR) is 44.7 cm³/mol. The summed E-state index contributed by atoms with van der Waals surface area (Å²) < 4.78 is 18.2. The van der Waals surface area contributed by atoms with E-state index in [9.17, 15) is 4.39 Å². The van der Waals surface area contributed by atoms with Gasteiger partial charge in [0.15, 0.2) is 0 Å². The van der Waals surface area contributed by atoms with Gasteiger partial charge in [-0.05, 0) is 6.07 Å². The zero-order chi connectivity index (χ0) is 8.55. The fourth-order valence-electron chi connectivity index (χ4n) is 1.24. The zero-order valence-corrected chi connectivity index (χ0v) is 7.09. The Morgan fingerprint density at radius 2 is 2.17 bits per heavy atom. The van der Waals surface area contributed by atoms with E-state index >= 15 is 0 Å². The molecule has 1 aromatic rings. The number of epoxide rings is 1. The van der Waals surface area contributed by atoms with Crippen molar-refractivity contribution in [1.29, 1.82) is 0 Å². The Kier molecular flexibility index (Phi) is 2.03. The Balaban J connectivity index is 2.19. The highest BCUT2D eigenvalue weighted by Crippen LogP contribution is 2.40. The summed E-state index contributed by atoms with van der Waals surface area (Å²) in [6.45, 7) is 0. The van der Waals surface area contributed by atoms with Crippen molar-refractivity contribution in [1.82, 2.24) is 0 Å². The Labute approximate surface area is 75.1 Å². The van der Waals surface area contributed by atoms with Gasteiger partial charge in [-0.3, -0.25) is 0 Å². The first-order chi connectivity index (χ1) is 5.83. The zero-order valence-electron chi connectivity index (χ0n) is 6.34. The number of hydrogen-bond acceptors (Lipinski definition) is 1. The van der Waals surface area contributed by atoms with Crippen molar-refractivity contribution in [2.75, 3.05) is 5.88 Å². The Hall–Kier alpha value is -0.600. The van der Waals surface area contributed by atoms with Crippen LogP contribution in [0.15, 0.2) is 24.3 Å². The van der Waals surface area contributed by atoms with Crippen molar-refractivity contribution in [3.05, 3.63) is 35.6 Å². The molecule has 64 valence electrons. The molecular formula is C9H8ClFO. The summed E-state index contributed by atoms with van der Waals surface area (Å²) in [6.07, 6.45) is -0.118. The van der Waals surface area contributed by atoms with E-state index in [1.807, 2.05) is 0 Å². The van der Waals surface area contributed by atoms with Gasteiger partial charge in [-0.15, -0.1) is 11.6 Å². The lowest BCUT2D eigenvalue weighted by atomic mass is 10.1. The van der Waals surface area contributed by atoms with Crippen LogP contribution in [0.2, 0.25) is 0 Å². The maximum atomic E-state index is 13.1. The molecule has 2 rings (SSSR count). The van der Waals surface area contributed by atoms with Crippen LogP contribution in [0.4, 0.5) is 4.39 Å². The van der Waals surface area contributed by atoms with E-state index < -0.39 is 0 Å². The maximum Gasteiger partial charge on any atom is 0.129 e. The Bertz CT molecular complexity index is 290. The molecule has 0 aromatic heterocycles. The third-order valence-electron chi connectivity index (χ3n) is 1.95. The van der Waals surface area contributed by atoms with Crippen LogP contribution >= 0.6 is 11.6 Å². The van der Waals surface area contributed by atoms with Crippen molar-refractivity contribution in [3.8, 4) is 0 Å². The van der Waals surface area contributed by atoms with E-state index in [2.05, 4.69) is 0 Å². The molecule has 3 heteroatoms. The van der Waals surface area contributed by atoms with E-state index in [-0.39, 0.29) is 18.0 Å². The molecular weight excluding hydrogens is 179 g/mol. The summed E-state index contributed by atoms with van der Waals surface area (Å²) >= 11 is 5.55. The highest BCUT2D eigenvalue weighted by Gasteiger charge is 2.40. The summed E-state index contributed by atoms with van der Waals surface area (Å²) in [5.41, 5.74) is 0.614. The van der Waals surface area contributed by atoms with Crippen LogP contribution in [0.1, 0.15) is 11.7 Å². The summed E-state index contributed by atoms with van der Waals surface area (Å²) in [7, 11) is 0. The van der Waals surface area contributed by atoms with Gasteiger partial charge in [-0.1, -0.05) is 18.2 Å². The SMILES string of the molecule is Fc1ccccc1C1OC1CCl. The molecule has 12 heavy (non-hydrogen) atoms. The van der Waals surface area contributed by atoms with Gasteiger partial charge in [-0.2, -0.15) is 0 Å². The number of benzene rings is 1. The third-order valence-corrected chi connectivity index (χ3v) is 2.25. The van der Waals surface area contributed by atoms with E-state index in [1.165, 1.54) is 6.07 Å². The third kappa shape index (κ3) is 1.32. The summed E-state index contributed by atoms with van der Waals surface area (Å²) in [5, 5.41) is 0. The monoisotopic (exact) mass is 186 g/mol. The molecule has 1 aliphatic rings. The number of rotatable bonds is 2. The molecule has 0 N–H and O–H groups in total. The molecule has 0 bridgehead atoms. The number of hydrogen-bond donors (Lipinski definition) is 0. The lowest BCUT2D eigenvalue weighted by Gasteiger charge is -1.96. The molecule has 0 aliphatic carbocycles. The fourth-order valence-corrected chi connectivity index (χ4v) is 1.47. The number of halogens is 2. The highest BCUT2D eigenvalue weighted by atomic mass is 35.5. The van der Waals surface area contributed by atoms with E-state index in [1.54, 1.807) is 18.2 Å². The lowest BCUT2D eigenvalue weighted by Crippen LogP contribution is -1.92. The van der Waals surface area contributed by atoms with Gasteiger partial charge in [0, 0.05) is 5.56 Å². The van der Waals surface area contributed by atoms with Crippen LogP contribution < -0.4 is 0 Å². The molecule has 0 saturated carbocycles. The van der Waals surface area contributed by atoms with Crippen LogP contribution in [-0.4, -0.2) is 12.0 Å². The minimum atomic E-state index is -0.213. The molecule has 2 unspecified atom stereocenters. The van der Waals surface area contributed by atoms with Gasteiger partial charge in [-0.25, -0.2) is 4.39 Å². The number of alkyl halides is 1. The molecule has 1 aromatic carbocycles. The maximum absolute atomic E-state index is 13.1. The molecule has 0 radical (unpaired) electrons. The molecule has 1 heterocycles. The van der Waals surface area contributed by atoms with Crippen LogP contribution in [0.3, 0.4) is 0 Å². The molecule has 1 aliphatic heterocycles. The van der Waals surface area contributed by atoms with Crippen molar-refractivity contribution >= 4 is 11.6 Å². The molecule has 1 saturated heterocycles. The molecule has 1 nitrogen and oxygen atoms in total. The first-order valence-corrected chi connectivity index (χ1v) is 4.32. The van der Waals surface area contributed by atoms with E-state index in [4.69, 9.17) is 16.3 Å². The molecule has 0 spiro atoms. The fraction of sp³-hybridized carbons (Fsp3) is 0.333.